The van der Waals surface area contributed by atoms with Crippen LogP contribution >= 0.6 is 0 Å². The average molecular weight is 251 g/mol. The standard InChI is InChI=1S/C13H17NO4/c15-12(11-1-5-17-9-11)14-4-8-18-13(10-14)2-6-16-7-3-13/h1,5,9H,2-4,6-8,10H2. The number of carbonyl (C=O) groups is 1. The summed E-state index contributed by atoms with van der Waals surface area (Å²) in [7, 11) is 0. The van der Waals surface area contributed by atoms with Crippen LogP contribution in [0.3, 0.4) is 0 Å². The van der Waals surface area contributed by atoms with Gasteiger partial charge in [-0.25, -0.2) is 0 Å². The predicted octanol–water partition coefficient (Wildman–Crippen LogP) is 1.30. The number of hydrogen-bond acceptors (Lipinski definition) is 4. The zero-order valence-corrected chi connectivity index (χ0v) is 10.3. The molecule has 0 bridgehead atoms. The van der Waals surface area contributed by atoms with Gasteiger partial charge in [-0.3, -0.25) is 4.79 Å². The number of morpholine rings is 1. The predicted molar refractivity (Wildman–Crippen MR) is 63.3 cm³/mol. The topological polar surface area (TPSA) is 51.9 Å². The van der Waals surface area contributed by atoms with E-state index >= 15 is 0 Å². The van der Waals surface area contributed by atoms with Gasteiger partial charge in [0.15, 0.2) is 0 Å². The zero-order valence-electron chi connectivity index (χ0n) is 10.3. The van der Waals surface area contributed by atoms with Gasteiger partial charge in [-0.2, -0.15) is 0 Å². The highest BCUT2D eigenvalue weighted by molar-refractivity contribution is 5.93. The third kappa shape index (κ3) is 2.15. The van der Waals surface area contributed by atoms with Gasteiger partial charge in [0.05, 0.1) is 30.6 Å². The van der Waals surface area contributed by atoms with E-state index < -0.39 is 0 Å². The molecule has 0 N–H and O–H groups in total. The highest BCUT2D eigenvalue weighted by atomic mass is 16.5. The van der Waals surface area contributed by atoms with Crippen molar-refractivity contribution in [1.82, 2.24) is 4.90 Å². The van der Waals surface area contributed by atoms with Gasteiger partial charge < -0.3 is 18.8 Å². The second-order valence-electron chi connectivity index (χ2n) is 4.88. The average Bonchev–Trinajstić information content (AvgIpc) is 2.93. The molecule has 0 aliphatic carbocycles. The largest absolute Gasteiger partial charge is 0.472 e. The van der Waals surface area contributed by atoms with E-state index in [9.17, 15) is 4.79 Å². The molecule has 0 saturated carbocycles. The molecule has 98 valence electrons. The van der Waals surface area contributed by atoms with E-state index in [-0.39, 0.29) is 11.5 Å². The van der Waals surface area contributed by atoms with Gasteiger partial charge in [-0.15, -0.1) is 0 Å². The van der Waals surface area contributed by atoms with Crippen molar-refractivity contribution in [3.8, 4) is 0 Å². The Kier molecular flexibility index (Phi) is 3.09. The highest BCUT2D eigenvalue weighted by Gasteiger charge is 2.39. The molecule has 5 nitrogen and oxygen atoms in total. The number of nitrogens with zero attached hydrogens (tertiary/aromatic N) is 1. The van der Waals surface area contributed by atoms with Crippen LogP contribution < -0.4 is 0 Å². The molecule has 0 unspecified atom stereocenters. The first-order valence-corrected chi connectivity index (χ1v) is 6.32. The number of amides is 1. The minimum Gasteiger partial charge on any atom is -0.472 e. The fourth-order valence-electron chi connectivity index (χ4n) is 2.63. The van der Waals surface area contributed by atoms with Crippen molar-refractivity contribution in [1.29, 1.82) is 0 Å². The van der Waals surface area contributed by atoms with Crippen LogP contribution in [-0.4, -0.2) is 49.3 Å². The van der Waals surface area contributed by atoms with E-state index in [0.717, 1.165) is 12.8 Å². The van der Waals surface area contributed by atoms with Crippen molar-refractivity contribution in [2.75, 3.05) is 32.9 Å². The molecular weight excluding hydrogens is 234 g/mol. The first-order chi connectivity index (χ1) is 8.79. The maximum absolute atomic E-state index is 12.3. The second-order valence-corrected chi connectivity index (χ2v) is 4.88. The maximum atomic E-state index is 12.3. The molecule has 2 aliphatic rings. The summed E-state index contributed by atoms with van der Waals surface area (Å²) in [5.41, 5.74) is 0.412. The lowest BCUT2D eigenvalue weighted by Gasteiger charge is -2.44. The quantitative estimate of drug-likeness (QED) is 0.755. The molecule has 3 heterocycles. The van der Waals surface area contributed by atoms with Gasteiger partial charge in [0, 0.05) is 32.6 Å². The Morgan fingerprint density at radius 3 is 2.83 bits per heavy atom. The van der Waals surface area contributed by atoms with Gasteiger partial charge in [0.1, 0.15) is 6.26 Å². The zero-order chi connectivity index (χ0) is 12.4. The van der Waals surface area contributed by atoms with Crippen LogP contribution in [0.4, 0.5) is 0 Å². The van der Waals surface area contributed by atoms with E-state index in [2.05, 4.69) is 0 Å². The fraction of sp³-hybridized carbons (Fsp3) is 0.615. The summed E-state index contributed by atoms with van der Waals surface area (Å²) in [6.45, 7) is 3.33. The lowest BCUT2D eigenvalue weighted by molar-refractivity contribution is -0.146. The lowest BCUT2D eigenvalue weighted by Crippen LogP contribution is -2.55. The van der Waals surface area contributed by atoms with Crippen LogP contribution in [0.1, 0.15) is 23.2 Å². The molecule has 1 aromatic heterocycles. The SMILES string of the molecule is O=C(c1ccoc1)N1CCOC2(CCOCC2)C1. The molecule has 18 heavy (non-hydrogen) atoms. The molecular formula is C13H17NO4. The first-order valence-electron chi connectivity index (χ1n) is 6.32. The Balaban J connectivity index is 1.72. The summed E-state index contributed by atoms with van der Waals surface area (Å²) < 4.78 is 16.2. The fourth-order valence-corrected chi connectivity index (χ4v) is 2.63. The van der Waals surface area contributed by atoms with Gasteiger partial charge in [0.2, 0.25) is 0 Å². The Morgan fingerprint density at radius 2 is 2.11 bits per heavy atom. The Morgan fingerprint density at radius 1 is 1.28 bits per heavy atom. The van der Waals surface area contributed by atoms with Crippen LogP contribution in [-0.2, 0) is 9.47 Å². The molecule has 0 aromatic carbocycles. The van der Waals surface area contributed by atoms with Gasteiger partial charge in [-0.05, 0) is 6.07 Å². The van der Waals surface area contributed by atoms with Crippen molar-refractivity contribution in [3.63, 3.8) is 0 Å². The van der Waals surface area contributed by atoms with Gasteiger partial charge in [-0.1, -0.05) is 0 Å². The summed E-state index contributed by atoms with van der Waals surface area (Å²) in [5.74, 6) is 0.0258. The Hall–Kier alpha value is -1.33. The third-order valence-corrected chi connectivity index (χ3v) is 3.71. The number of rotatable bonds is 1. The molecule has 1 spiro atoms. The molecule has 3 rings (SSSR count). The monoisotopic (exact) mass is 251 g/mol. The molecule has 0 radical (unpaired) electrons. The summed E-state index contributed by atoms with van der Waals surface area (Å²) in [6.07, 6.45) is 4.75. The molecule has 5 heteroatoms. The highest BCUT2D eigenvalue weighted by Crippen LogP contribution is 2.29. The molecule has 2 saturated heterocycles. The minimum atomic E-state index is -0.199. The number of carbonyl (C=O) groups excluding carboxylic acids is 1. The van der Waals surface area contributed by atoms with E-state index in [1.54, 1.807) is 6.07 Å². The van der Waals surface area contributed by atoms with Crippen LogP contribution in [0, 0.1) is 0 Å². The smallest absolute Gasteiger partial charge is 0.257 e. The van der Waals surface area contributed by atoms with E-state index in [4.69, 9.17) is 13.9 Å². The van der Waals surface area contributed by atoms with Crippen molar-refractivity contribution in [3.05, 3.63) is 24.2 Å². The summed E-state index contributed by atoms with van der Waals surface area (Å²) >= 11 is 0. The minimum absolute atomic E-state index is 0.0258. The van der Waals surface area contributed by atoms with Gasteiger partial charge >= 0.3 is 0 Å². The van der Waals surface area contributed by atoms with Crippen LogP contribution in [0.5, 0.6) is 0 Å². The lowest BCUT2D eigenvalue weighted by atomic mass is 9.92. The molecule has 2 aliphatic heterocycles. The Bertz CT molecular complexity index is 403. The number of hydrogen-bond donors (Lipinski definition) is 0. The Labute approximate surface area is 106 Å². The molecule has 0 atom stereocenters. The molecule has 2 fully saturated rings. The van der Waals surface area contributed by atoms with Crippen LogP contribution in [0.25, 0.3) is 0 Å². The van der Waals surface area contributed by atoms with Crippen molar-refractivity contribution in [2.24, 2.45) is 0 Å². The molecule has 1 amide bonds. The van der Waals surface area contributed by atoms with E-state index in [1.165, 1.54) is 12.5 Å². The normalized spacial score (nSPS) is 23.2. The van der Waals surface area contributed by atoms with Gasteiger partial charge in [0.25, 0.3) is 5.91 Å². The third-order valence-electron chi connectivity index (χ3n) is 3.71. The number of ether oxygens (including phenoxy) is 2. The summed E-state index contributed by atoms with van der Waals surface area (Å²) in [5, 5.41) is 0. The van der Waals surface area contributed by atoms with E-state index in [0.29, 0.717) is 38.5 Å². The summed E-state index contributed by atoms with van der Waals surface area (Å²) in [6, 6.07) is 1.70. The first kappa shape index (κ1) is 11.7. The van der Waals surface area contributed by atoms with Crippen molar-refractivity contribution < 1.29 is 18.7 Å². The van der Waals surface area contributed by atoms with Crippen LogP contribution in [0.2, 0.25) is 0 Å². The van der Waals surface area contributed by atoms with Crippen molar-refractivity contribution >= 4 is 5.91 Å². The second kappa shape index (κ2) is 4.74. The van der Waals surface area contributed by atoms with Crippen molar-refractivity contribution in [2.45, 2.75) is 18.4 Å². The summed E-state index contributed by atoms with van der Waals surface area (Å²) in [4.78, 5) is 14.1. The van der Waals surface area contributed by atoms with Crippen LogP contribution in [0.15, 0.2) is 23.0 Å². The maximum Gasteiger partial charge on any atom is 0.257 e. The number of furan rings is 1. The van der Waals surface area contributed by atoms with E-state index in [1.807, 2.05) is 4.90 Å². The molecule has 1 aromatic rings.